The molecule has 6 N–H and O–H groups in total. The van der Waals surface area contributed by atoms with Gasteiger partial charge in [0, 0.05) is 10.9 Å². The Bertz CT molecular complexity index is 1540. The van der Waals surface area contributed by atoms with Crippen molar-refractivity contribution >= 4 is 59.4 Å². The zero-order valence-electron chi connectivity index (χ0n) is 18.4. The molecule has 35 heavy (non-hydrogen) atoms. The Kier molecular flexibility index (Phi) is 8.53. The van der Waals surface area contributed by atoms with Gasteiger partial charge in [0.2, 0.25) is 0 Å². The number of rotatable bonds is 5. The molecule has 0 saturated carbocycles. The summed E-state index contributed by atoms with van der Waals surface area (Å²) in [5, 5.41) is 19.0. The number of anilines is 1. The van der Waals surface area contributed by atoms with Gasteiger partial charge in [-0.05, 0) is 49.1 Å². The number of hydrogen-bond donors (Lipinski definition) is 5. The SMILES string of the molecule is CS(=O)(=O)O.Cc1ccc(S(=O)(=O)O)c(N=Nc2ccc3cc(OS(=O)O)c(C)c(O)c3c2N)c1. The van der Waals surface area contributed by atoms with E-state index in [0.717, 1.165) is 0 Å². The quantitative estimate of drug-likeness (QED) is 0.134. The second kappa shape index (κ2) is 10.6. The number of nitrogens with zero attached hydrogens (tertiary/aromatic N) is 2. The number of azo groups is 1. The summed E-state index contributed by atoms with van der Waals surface area (Å²) in [5.41, 5.74) is 7.13. The number of aromatic hydroxyl groups is 1. The van der Waals surface area contributed by atoms with Crippen molar-refractivity contribution in [1.29, 1.82) is 0 Å². The number of phenols is 1. The molecule has 3 aromatic rings. The van der Waals surface area contributed by atoms with E-state index in [4.69, 9.17) is 19.0 Å². The van der Waals surface area contributed by atoms with Crippen LogP contribution >= 0.6 is 0 Å². The van der Waals surface area contributed by atoms with E-state index in [1.807, 2.05) is 0 Å². The highest BCUT2D eigenvalue weighted by Gasteiger charge is 2.18. The maximum Gasteiger partial charge on any atom is 0.357 e. The molecule has 0 aliphatic heterocycles. The lowest BCUT2D eigenvalue weighted by Crippen LogP contribution is -2.00. The van der Waals surface area contributed by atoms with Crippen LogP contribution in [0.3, 0.4) is 0 Å². The number of fused-ring (bicyclic) bond motifs is 1. The fourth-order valence-electron chi connectivity index (χ4n) is 2.85. The molecular formula is C19H21N3O10S3. The average molecular weight is 548 g/mol. The highest BCUT2D eigenvalue weighted by atomic mass is 32.2. The Morgan fingerprint density at radius 3 is 2.09 bits per heavy atom. The molecule has 1 unspecified atom stereocenters. The monoisotopic (exact) mass is 547 g/mol. The van der Waals surface area contributed by atoms with Gasteiger partial charge < -0.3 is 15.0 Å². The third kappa shape index (κ3) is 7.67. The lowest BCUT2D eigenvalue weighted by atomic mass is 10.0. The zero-order valence-corrected chi connectivity index (χ0v) is 20.8. The molecule has 3 rings (SSSR count). The molecule has 0 fully saturated rings. The van der Waals surface area contributed by atoms with Gasteiger partial charge >= 0.3 is 11.4 Å². The summed E-state index contributed by atoms with van der Waals surface area (Å²) in [5.74, 6) is -0.260. The number of nitrogens with two attached hydrogens (primary N) is 1. The van der Waals surface area contributed by atoms with Gasteiger partial charge in [0.1, 0.15) is 27.8 Å². The van der Waals surface area contributed by atoms with Crippen molar-refractivity contribution in [1.82, 2.24) is 0 Å². The zero-order chi connectivity index (χ0) is 26.7. The van der Waals surface area contributed by atoms with Crippen LogP contribution < -0.4 is 9.92 Å². The maximum atomic E-state index is 11.6. The number of nitrogen functional groups attached to an aromatic ring is 1. The summed E-state index contributed by atoms with van der Waals surface area (Å²) in [6.45, 7) is 3.20. The summed E-state index contributed by atoms with van der Waals surface area (Å²) >= 11 is -2.57. The molecule has 0 aliphatic rings. The van der Waals surface area contributed by atoms with Crippen LogP contribution in [0.1, 0.15) is 11.1 Å². The first-order valence-corrected chi connectivity index (χ1v) is 13.6. The number of phenolic OH excluding ortho intramolecular Hbond substituents is 1. The van der Waals surface area contributed by atoms with Crippen LogP contribution in [0, 0.1) is 13.8 Å². The standard InChI is InChI=1S/C18H17N3O7S2.CH4O3S/c1-9-3-6-15(30(25,26)27)13(7-9)21-20-12-5-4-11-8-14(28-29(23)24)10(2)18(22)16(11)17(12)19;1-5(2,3)4/h3-8,22H,19H2,1-2H3,(H,23,24)(H,25,26,27);1H3,(H,2,3,4). The number of hydrogen-bond acceptors (Lipinski definition) is 10. The molecule has 0 heterocycles. The highest BCUT2D eigenvalue weighted by Crippen LogP contribution is 2.42. The van der Waals surface area contributed by atoms with Crippen molar-refractivity contribution in [3.63, 3.8) is 0 Å². The van der Waals surface area contributed by atoms with Gasteiger partial charge in [-0.15, -0.1) is 10.2 Å². The van der Waals surface area contributed by atoms with Crippen molar-refractivity contribution in [2.75, 3.05) is 12.0 Å². The Hall–Kier alpha value is -3.15. The number of benzene rings is 3. The van der Waals surface area contributed by atoms with Crippen LogP contribution in [0.2, 0.25) is 0 Å². The minimum atomic E-state index is -4.51. The first-order valence-electron chi connectivity index (χ1n) is 9.25. The smallest absolute Gasteiger partial charge is 0.357 e. The molecule has 0 spiro atoms. The molecule has 16 heteroatoms. The molecule has 0 saturated heterocycles. The summed E-state index contributed by atoms with van der Waals surface area (Å²) in [6, 6.07) is 8.60. The van der Waals surface area contributed by atoms with Crippen LogP contribution in [0.5, 0.6) is 11.5 Å². The molecule has 1 atom stereocenters. The average Bonchev–Trinajstić information content (AvgIpc) is 2.68. The van der Waals surface area contributed by atoms with E-state index >= 15 is 0 Å². The topological polar surface area (TPSA) is 226 Å². The van der Waals surface area contributed by atoms with Crippen molar-refractivity contribution in [2.24, 2.45) is 10.2 Å². The van der Waals surface area contributed by atoms with Crippen LogP contribution in [0.25, 0.3) is 10.8 Å². The number of aryl methyl sites for hydroxylation is 1. The Labute approximate surface area is 203 Å². The fourth-order valence-corrected chi connectivity index (χ4v) is 3.78. The second-order valence-electron chi connectivity index (χ2n) is 7.12. The minimum absolute atomic E-state index is 0.00663. The Morgan fingerprint density at radius 1 is 0.971 bits per heavy atom. The van der Waals surface area contributed by atoms with E-state index in [1.54, 1.807) is 6.92 Å². The van der Waals surface area contributed by atoms with Crippen molar-refractivity contribution < 1.29 is 44.0 Å². The van der Waals surface area contributed by atoms with E-state index < -0.39 is 36.5 Å². The predicted molar refractivity (Wildman–Crippen MR) is 129 cm³/mol. The summed E-state index contributed by atoms with van der Waals surface area (Å²) < 4.78 is 83.0. The van der Waals surface area contributed by atoms with Gasteiger partial charge in [0.25, 0.3) is 20.2 Å². The van der Waals surface area contributed by atoms with Crippen LogP contribution in [-0.4, -0.2) is 46.1 Å². The third-order valence-corrected chi connectivity index (χ3v) is 5.54. The first kappa shape index (κ1) is 28.1. The molecule has 0 radical (unpaired) electrons. The van der Waals surface area contributed by atoms with Crippen molar-refractivity contribution in [3.05, 3.63) is 47.5 Å². The van der Waals surface area contributed by atoms with E-state index in [0.29, 0.717) is 17.2 Å². The molecule has 13 nitrogen and oxygen atoms in total. The van der Waals surface area contributed by atoms with Gasteiger partial charge in [0.05, 0.1) is 11.9 Å². The maximum absolute atomic E-state index is 11.6. The lowest BCUT2D eigenvalue weighted by molar-refractivity contribution is 0.447. The summed E-state index contributed by atoms with van der Waals surface area (Å²) in [6.07, 6.45) is 0.715. The van der Waals surface area contributed by atoms with Gasteiger partial charge in [-0.2, -0.15) is 21.0 Å². The van der Waals surface area contributed by atoms with Crippen molar-refractivity contribution in [2.45, 2.75) is 18.7 Å². The lowest BCUT2D eigenvalue weighted by Gasteiger charge is -2.12. The summed E-state index contributed by atoms with van der Waals surface area (Å²) in [7, 11) is -8.18. The van der Waals surface area contributed by atoms with Crippen LogP contribution in [0.4, 0.5) is 17.1 Å². The third-order valence-electron chi connectivity index (χ3n) is 4.32. The fraction of sp³-hybridized carbons (Fsp3) is 0.158. The molecule has 190 valence electrons. The second-order valence-corrected chi connectivity index (χ2v) is 10.6. The van der Waals surface area contributed by atoms with E-state index in [9.17, 15) is 30.7 Å². The normalized spacial score (nSPS) is 12.9. The molecule has 0 aliphatic carbocycles. The summed E-state index contributed by atoms with van der Waals surface area (Å²) in [4.78, 5) is -0.409. The first-order chi connectivity index (χ1) is 16.0. The Balaban J connectivity index is 0.000000784. The van der Waals surface area contributed by atoms with Gasteiger partial charge in [-0.25, -0.2) is 0 Å². The molecule has 3 aromatic carbocycles. The predicted octanol–water partition coefficient (Wildman–Crippen LogP) is 3.43. The van der Waals surface area contributed by atoms with Gasteiger partial charge in [-0.3, -0.25) is 13.7 Å². The minimum Gasteiger partial charge on any atom is -0.507 e. The largest absolute Gasteiger partial charge is 0.507 e. The molecule has 0 amide bonds. The van der Waals surface area contributed by atoms with E-state index in [2.05, 4.69) is 10.2 Å². The molecular weight excluding hydrogens is 526 g/mol. The van der Waals surface area contributed by atoms with E-state index in [1.165, 1.54) is 43.3 Å². The van der Waals surface area contributed by atoms with Crippen molar-refractivity contribution in [3.8, 4) is 11.5 Å². The molecule has 0 bridgehead atoms. The highest BCUT2D eigenvalue weighted by molar-refractivity contribution is 7.86. The molecule has 0 aromatic heterocycles. The van der Waals surface area contributed by atoms with Crippen LogP contribution in [0.15, 0.2) is 51.5 Å². The van der Waals surface area contributed by atoms with Gasteiger partial charge in [-0.1, -0.05) is 12.1 Å². The van der Waals surface area contributed by atoms with E-state index in [-0.39, 0.29) is 39.5 Å². The van der Waals surface area contributed by atoms with Gasteiger partial charge in [0.15, 0.2) is 0 Å². The van der Waals surface area contributed by atoms with Crippen LogP contribution in [-0.2, 0) is 31.6 Å². The Morgan fingerprint density at radius 2 is 1.54 bits per heavy atom.